The van der Waals surface area contributed by atoms with Crippen molar-refractivity contribution in [3.63, 3.8) is 0 Å². The normalized spacial score (nSPS) is 10.7. The number of anilines is 1. The molecule has 2 aromatic rings. The van der Waals surface area contributed by atoms with Gasteiger partial charge in [0, 0.05) is 22.2 Å². The third-order valence-electron chi connectivity index (χ3n) is 4.64. The molecule has 0 spiro atoms. The number of nitrogen functional groups attached to an aromatic ring is 1. The van der Waals surface area contributed by atoms with Gasteiger partial charge in [0.15, 0.2) is 11.3 Å². The molecule has 0 saturated carbocycles. The van der Waals surface area contributed by atoms with Gasteiger partial charge in [0.05, 0.1) is 10.0 Å². The summed E-state index contributed by atoms with van der Waals surface area (Å²) in [6.07, 6.45) is 0. The van der Waals surface area contributed by atoms with Crippen LogP contribution in [0.3, 0.4) is 0 Å². The first-order chi connectivity index (χ1) is 15.1. The molecular weight excluding hydrogens is 629 g/mol. The first-order valence-electron chi connectivity index (χ1n) is 8.59. The number of phenolic OH excluding ortho intramolecular Hbond substituents is 1. The first-order valence-corrected chi connectivity index (χ1v) is 11.5. The zero-order valence-corrected chi connectivity index (χ0v) is 21.5. The van der Waals surface area contributed by atoms with Crippen LogP contribution in [0.4, 0.5) is 5.69 Å². The van der Waals surface area contributed by atoms with E-state index in [2.05, 4.69) is 65.9 Å². The minimum atomic E-state index is -1.18. The van der Waals surface area contributed by atoms with Crippen LogP contribution in [-0.4, -0.2) is 29.9 Å². The van der Waals surface area contributed by atoms with Gasteiger partial charge >= 0.3 is 5.97 Å². The van der Waals surface area contributed by atoms with Crippen molar-refractivity contribution in [3.05, 3.63) is 59.5 Å². The van der Waals surface area contributed by atoms with Crippen LogP contribution in [0, 0.1) is 0 Å². The maximum atomic E-state index is 12.4. The van der Waals surface area contributed by atoms with Gasteiger partial charge in [-0.15, -0.1) is 0 Å². The van der Waals surface area contributed by atoms with E-state index in [1.807, 2.05) is 0 Å². The Morgan fingerprint density at radius 3 is 2.38 bits per heavy atom. The number of aromatic carboxylic acids is 1. The second-order valence-electron chi connectivity index (χ2n) is 6.47. The van der Waals surface area contributed by atoms with Crippen LogP contribution < -0.4 is 16.6 Å². The standard InChI is InChI=1S/C20H9BBr3NO5.CH2S/c21-11-4-9-13(7-2-1-6(25)3-8(7)20(28)29)10-5-12(22)17(27)15(24)19(10)30-18(9)14(23)16(11)26;1-2/h1-5,26H,25H2,(H,28,29);1H2. The van der Waals surface area contributed by atoms with Crippen LogP contribution in [-0.2, 0) is 0 Å². The summed E-state index contributed by atoms with van der Waals surface area (Å²) in [6, 6.07) is 7.55. The molecule has 0 amide bonds. The fourth-order valence-electron chi connectivity index (χ4n) is 3.29. The fraction of sp³-hybridized carbons (Fsp3) is 0. The van der Waals surface area contributed by atoms with E-state index in [9.17, 15) is 19.8 Å². The highest BCUT2D eigenvalue weighted by Crippen LogP contribution is 2.47. The Morgan fingerprint density at radius 2 is 1.75 bits per heavy atom. The van der Waals surface area contributed by atoms with Crippen molar-refractivity contribution < 1.29 is 19.4 Å². The summed E-state index contributed by atoms with van der Waals surface area (Å²) in [7, 11) is 5.96. The summed E-state index contributed by atoms with van der Waals surface area (Å²) >= 11 is 13.6. The van der Waals surface area contributed by atoms with Gasteiger partial charge in [-0.1, -0.05) is 29.8 Å². The molecule has 160 valence electrons. The number of rotatable bonds is 2. The van der Waals surface area contributed by atoms with Crippen molar-refractivity contribution in [1.29, 1.82) is 0 Å². The Morgan fingerprint density at radius 1 is 1.09 bits per heavy atom. The smallest absolute Gasteiger partial charge is 0.336 e. The van der Waals surface area contributed by atoms with Gasteiger partial charge in [0.2, 0.25) is 5.43 Å². The Bertz CT molecular complexity index is 1440. The summed E-state index contributed by atoms with van der Waals surface area (Å²) in [5.74, 6) is 1.61. The Hall–Kier alpha value is -2.21. The van der Waals surface area contributed by atoms with E-state index in [0.29, 0.717) is 22.1 Å². The lowest BCUT2D eigenvalue weighted by Gasteiger charge is -2.19. The van der Waals surface area contributed by atoms with Gasteiger partial charge in [-0.05, 0) is 77.4 Å². The van der Waals surface area contributed by atoms with E-state index >= 15 is 0 Å². The number of phenols is 1. The average Bonchev–Trinajstić information content (AvgIpc) is 2.77. The molecule has 4 N–H and O–H groups in total. The van der Waals surface area contributed by atoms with Gasteiger partial charge in [-0.3, -0.25) is 4.79 Å². The van der Waals surface area contributed by atoms with Crippen LogP contribution in [0.1, 0.15) is 10.4 Å². The Balaban J connectivity index is 0.00000141. The summed E-state index contributed by atoms with van der Waals surface area (Å²) in [6.45, 7) is 0. The summed E-state index contributed by atoms with van der Waals surface area (Å²) < 4.78 is 6.54. The van der Waals surface area contributed by atoms with Crippen molar-refractivity contribution in [2.75, 3.05) is 5.73 Å². The molecule has 0 fully saturated rings. The van der Waals surface area contributed by atoms with E-state index in [4.69, 9.17) is 18.0 Å². The molecule has 11 heteroatoms. The largest absolute Gasteiger partial charge is 0.507 e. The minimum Gasteiger partial charge on any atom is -0.507 e. The van der Waals surface area contributed by atoms with Gasteiger partial charge in [0.25, 0.3) is 0 Å². The molecular formula is C21H11BBr3NO5S. The number of carbonyl (C=O) groups is 1. The molecule has 0 bridgehead atoms. The van der Waals surface area contributed by atoms with Crippen molar-refractivity contribution in [1.82, 2.24) is 0 Å². The highest BCUT2D eigenvalue weighted by molar-refractivity contribution is 9.11. The summed E-state index contributed by atoms with van der Waals surface area (Å²) in [5.41, 5.74) is 7.23. The lowest BCUT2D eigenvalue weighted by molar-refractivity contribution is 0.0698. The monoisotopic (exact) mass is 637 g/mol. The number of fused-ring (bicyclic) bond motifs is 2. The topological polar surface area (TPSA) is 114 Å². The molecule has 1 aliphatic carbocycles. The number of hydrogen-bond donors (Lipinski definition) is 3. The number of nitrogens with two attached hydrogens (primary N) is 1. The number of aromatic hydroxyl groups is 1. The van der Waals surface area contributed by atoms with Crippen LogP contribution in [0.5, 0.6) is 5.75 Å². The summed E-state index contributed by atoms with van der Waals surface area (Å²) in [4.78, 5) is 24.4. The quantitative estimate of drug-likeness (QED) is 0.119. The Labute approximate surface area is 213 Å². The molecule has 0 atom stereocenters. The third kappa shape index (κ3) is 3.98. The third-order valence-corrected chi connectivity index (χ3v) is 6.69. The lowest BCUT2D eigenvalue weighted by Crippen LogP contribution is -2.09. The van der Waals surface area contributed by atoms with Crippen molar-refractivity contribution in [3.8, 4) is 28.2 Å². The molecule has 6 nitrogen and oxygen atoms in total. The molecule has 2 radical (unpaired) electrons. The molecule has 0 aromatic heterocycles. The maximum absolute atomic E-state index is 12.4. The van der Waals surface area contributed by atoms with Crippen molar-refractivity contribution in [2.24, 2.45) is 0 Å². The Kier molecular flexibility index (Phi) is 7.14. The minimum absolute atomic E-state index is 0.0370. The highest BCUT2D eigenvalue weighted by atomic mass is 79.9. The highest BCUT2D eigenvalue weighted by Gasteiger charge is 2.27. The van der Waals surface area contributed by atoms with E-state index < -0.39 is 5.97 Å². The van der Waals surface area contributed by atoms with Crippen LogP contribution >= 0.6 is 60.0 Å². The number of benzene rings is 3. The zero-order chi connectivity index (χ0) is 23.9. The number of halogens is 3. The van der Waals surface area contributed by atoms with Crippen LogP contribution in [0.15, 0.2) is 53.0 Å². The molecule has 32 heavy (non-hydrogen) atoms. The van der Waals surface area contributed by atoms with Crippen LogP contribution in [0.2, 0.25) is 0 Å². The SMILES string of the molecule is C=S.[B]c1cc2c(-c3ccc(N)cc3C(=O)O)c3cc(Br)c(=O)c(Br)c-3oc2c(Br)c1O. The van der Waals surface area contributed by atoms with Crippen molar-refractivity contribution in [2.45, 2.75) is 0 Å². The van der Waals surface area contributed by atoms with Gasteiger partial charge in [-0.25, -0.2) is 4.79 Å². The maximum Gasteiger partial charge on any atom is 0.336 e. The van der Waals surface area contributed by atoms with Gasteiger partial charge < -0.3 is 20.4 Å². The predicted molar refractivity (Wildman–Crippen MR) is 141 cm³/mol. The number of thiocarbonyl (C=S) groups is 1. The zero-order valence-electron chi connectivity index (χ0n) is 15.9. The first kappa shape index (κ1) is 24.4. The summed E-state index contributed by atoms with van der Waals surface area (Å²) in [5, 5.41) is 20.5. The second-order valence-corrected chi connectivity index (χ2v) is 8.91. The van der Waals surface area contributed by atoms with E-state index in [1.54, 1.807) is 18.2 Å². The lowest BCUT2D eigenvalue weighted by atomic mass is 9.87. The molecule has 0 unspecified atom stereocenters. The molecule has 2 aliphatic rings. The number of carboxylic acids is 1. The number of hydrogen-bond acceptors (Lipinski definition) is 6. The molecule has 1 heterocycles. The second kappa shape index (κ2) is 9.34. The van der Waals surface area contributed by atoms with Gasteiger partial charge in [0.1, 0.15) is 22.5 Å². The van der Waals surface area contributed by atoms with E-state index in [1.165, 1.54) is 12.1 Å². The van der Waals surface area contributed by atoms with E-state index in [-0.39, 0.29) is 52.7 Å². The predicted octanol–water partition coefficient (Wildman–Crippen LogP) is 5.25. The fourth-order valence-corrected chi connectivity index (χ4v) is 5.02. The molecule has 4 rings (SSSR count). The average molecular weight is 640 g/mol. The molecule has 1 aliphatic heterocycles. The van der Waals surface area contributed by atoms with Crippen LogP contribution in [0.25, 0.3) is 33.4 Å². The number of carboxylic acid groups (broad SMARTS) is 1. The molecule has 2 aromatic carbocycles. The molecule has 0 saturated heterocycles. The van der Waals surface area contributed by atoms with Crippen molar-refractivity contribution >= 4 is 102 Å². The van der Waals surface area contributed by atoms with E-state index in [0.717, 1.165) is 0 Å². The van der Waals surface area contributed by atoms with Gasteiger partial charge in [-0.2, -0.15) is 0 Å².